The highest BCUT2D eigenvalue weighted by Crippen LogP contribution is 2.25. The molecule has 1 aromatic rings. The van der Waals surface area contributed by atoms with Gasteiger partial charge in [-0.05, 0) is 13.0 Å². The molecule has 0 aliphatic carbocycles. The maximum absolute atomic E-state index is 9.03. The molecule has 0 aromatic carbocycles. The second kappa shape index (κ2) is 4.54. The fourth-order valence-electron chi connectivity index (χ4n) is 1.79. The summed E-state index contributed by atoms with van der Waals surface area (Å²) in [6, 6.07) is 4.49. The Hall–Kier alpha value is -1.21. The predicted octanol–water partition coefficient (Wildman–Crippen LogP) is 1.89. The second-order valence-electron chi connectivity index (χ2n) is 3.62. The molecular weight excluding hydrogens is 206 g/mol. The predicted molar refractivity (Wildman–Crippen MR) is 63.1 cm³/mol. The molecule has 0 spiro atoms. The summed E-state index contributed by atoms with van der Waals surface area (Å²) < 4.78 is 0. The minimum absolute atomic E-state index is 0.486. The van der Waals surface area contributed by atoms with Gasteiger partial charge in [0.2, 0.25) is 0 Å². The van der Waals surface area contributed by atoms with Gasteiger partial charge in [-0.15, -0.1) is 0 Å². The van der Waals surface area contributed by atoms with E-state index in [9.17, 15) is 0 Å². The van der Waals surface area contributed by atoms with Crippen molar-refractivity contribution < 1.29 is 0 Å². The molecule has 0 radical (unpaired) electrons. The SMILES string of the molecule is CC1CSCCN1c1cnccc1C#N. The zero-order chi connectivity index (χ0) is 10.7. The van der Waals surface area contributed by atoms with Crippen LogP contribution in [-0.4, -0.2) is 29.1 Å². The third kappa shape index (κ3) is 2.07. The molecule has 0 saturated carbocycles. The Labute approximate surface area is 94.1 Å². The molecule has 2 rings (SSSR count). The summed E-state index contributed by atoms with van der Waals surface area (Å²) in [5, 5.41) is 9.03. The third-order valence-electron chi connectivity index (χ3n) is 2.60. The smallest absolute Gasteiger partial charge is 0.101 e. The van der Waals surface area contributed by atoms with E-state index >= 15 is 0 Å². The van der Waals surface area contributed by atoms with E-state index in [1.54, 1.807) is 18.5 Å². The fourth-order valence-corrected chi connectivity index (χ4v) is 2.81. The molecule has 3 nitrogen and oxygen atoms in total. The summed E-state index contributed by atoms with van der Waals surface area (Å²) in [6.07, 6.45) is 3.47. The Kier molecular flexibility index (Phi) is 3.12. The van der Waals surface area contributed by atoms with E-state index in [-0.39, 0.29) is 0 Å². The molecule has 4 heteroatoms. The van der Waals surface area contributed by atoms with E-state index in [1.807, 2.05) is 11.8 Å². The molecule has 0 N–H and O–H groups in total. The summed E-state index contributed by atoms with van der Waals surface area (Å²) in [6.45, 7) is 3.20. The number of pyridine rings is 1. The molecule has 78 valence electrons. The summed E-state index contributed by atoms with van der Waals surface area (Å²) >= 11 is 1.97. The first-order valence-corrected chi connectivity index (χ1v) is 6.17. The van der Waals surface area contributed by atoms with Gasteiger partial charge in [-0.25, -0.2) is 0 Å². The van der Waals surface area contributed by atoms with Crippen molar-refractivity contribution in [1.82, 2.24) is 4.98 Å². The van der Waals surface area contributed by atoms with E-state index in [0.29, 0.717) is 6.04 Å². The van der Waals surface area contributed by atoms with Crippen LogP contribution in [0.2, 0.25) is 0 Å². The number of nitrogens with zero attached hydrogens (tertiary/aromatic N) is 3. The third-order valence-corrected chi connectivity index (χ3v) is 3.79. The Morgan fingerprint density at radius 1 is 1.67 bits per heavy atom. The minimum atomic E-state index is 0.486. The first kappa shape index (κ1) is 10.3. The largest absolute Gasteiger partial charge is 0.365 e. The Morgan fingerprint density at radius 3 is 3.27 bits per heavy atom. The second-order valence-corrected chi connectivity index (χ2v) is 4.77. The van der Waals surface area contributed by atoms with Gasteiger partial charge in [-0.2, -0.15) is 17.0 Å². The van der Waals surface area contributed by atoms with E-state index in [4.69, 9.17) is 5.26 Å². The van der Waals surface area contributed by atoms with E-state index < -0.39 is 0 Å². The van der Waals surface area contributed by atoms with Crippen molar-refractivity contribution in [2.24, 2.45) is 0 Å². The van der Waals surface area contributed by atoms with Gasteiger partial charge in [0.15, 0.2) is 0 Å². The number of nitriles is 1. The van der Waals surface area contributed by atoms with Gasteiger partial charge < -0.3 is 4.90 Å². The average Bonchev–Trinajstić information content (AvgIpc) is 2.30. The number of rotatable bonds is 1. The lowest BCUT2D eigenvalue weighted by Gasteiger charge is -2.35. The topological polar surface area (TPSA) is 39.9 Å². The normalized spacial score (nSPS) is 21.1. The van der Waals surface area contributed by atoms with Crippen LogP contribution < -0.4 is 4.90 Å². The maximum Gasteiger partial charge on any atom is 0.101 e. The van der Waals surface area contributed by atoms with Crippen LogP contribution in [0.25, 0.3) is 0 Å². The van der Waals surface area contributed by atoms with Crippen LogP contribution in [0.5, 0.6) is 0 Å². The van der Waals surface area contributed by atoms with Crippen LogP contribution in [-0.2, 0) is 0 Å². The van der Waals surface area contributed by atoms with Gasteiger partial charge in [0.1, 0.15) is 6.07 Å². The number of hydrogen-bond donors (Lipinski definition) is 0. The van der Waals surface area contributed by atoms with Crippen molar-refractivity contribution in [3.63, 3.8) is 0 Å². The van der Waals surface area contributed by atoms with Crippen LogP contribution in [0, 0.1) is 11.3 Å². The highest BCUT2D eigenvalue weighted by atomic mass is 32.2. The summed E-state index contributed by atoms with van der Waals surface area (Å²) in [4.78, 5) is 6.38. The van der Waals surface area contributed by atoms with Gasteiger partial charge in [0, 0.05) is 30.3 Å². The van der Waals surface area contributed by atoms with E-state index in [1.165, 1.54) is 0 Å². The highest BCUT2D eigenvalue weighted by Gasteiger charge is 2.21. The van der Waals surface area contributed by atoms with Crippen molar-refractivity contribution in [3.05, 3.63) is 24.0 Å². The van der Waals surface area contributed by atoms with E-state index in [0.717, 1.165) is 29.3 Å². The molecule has 0 amide bonds. The minimum Gasteiger partial charge on any atom is -0.365 e. The Balaban J connectivity index is 2.31. The monoisotopic (exact) mass is 219 g/mol. The lowest BCUT2D eigenvalue weighted by molar-refractivity contribution is 0.697. The Bertz CT molecular complexity index is 386. The lowest BCUT2D eigenvalue weighted by Crippen LogP contribution is -2.40. The van der Waals surface area contributed by atoms with Gasteiger partial charge in [0.05, 0.1) is 17.4 Å². The molecule has 1 aromatic heterocycles. The van der Waals surface area contributed by atoms with Crippen molar-refractivity contribution >= 4 is 17.4 Å². The average molecular weight is 219 g/mol. The first-order valence-electron chi connectivity index (χ1n) is 5.01. The summed E-state index contributed by atoms with van der Waals surface area (Å²) in [5.41, 5.74) is 1.71. The van der Waals surface area contributed by atoms with Crippen LogP contribution in [0.4, 0.5) is 5.69 Å². The van der Waals surface area contributed by atoms with Crippen LogP contribution in [0.15, 0.2) is 18.5 Å². The summed E-state index contributed by atoms with van der Waals surface area (Å²) in [7, 11) is 0. The maximum atomic E-state index is 9.03. The molecule has 1 aliphatic heterocycles. The van der Waals surface area contributed by atoms with Gasteiger partial charge in [-0.1, -0.05) is 0 Å². The van der Waals surface area contributed by atoms with Gasteiger partial charge in [-0.3, -0.25) is 4.98 Å². The molecule has 2 heterocycles. The molecule has 0 bridgehead atoms. The zero-order valence-electron chi connectivity index (χ0n) is 8.68. The van der Waals surface area contributed by atoms with Gasteiger partial charge >= 0.3 is 0 Å². The van der Waals surface area contributed by atoms with Crippen molar-refractivity contribution in [3.8, 4) is 6.07 Å². The van der Waals surface area contributed by atoms with Crippen LogP contribution in [0.1, 0.15) is 12.5 Å². The number of aromatic nitrogens is 1. The summed E-state index contributed by atoms with van der Waals surface area (Å²) in [5.74, 6) is 2.25. The van der Waals surface area contributed by atoms with E-state index in [2.05, 4.69) is 22.9 Å². The van der Waals surface area contributed by atoms with Crippen LogP contribution in [0.3, 0.4) is 0 Å². The molecule has 15 heavy (non-hydrogen) atoms. The first-order chi connectivity index (χ1) is 7.33. The van der Waals surface area contributed by atoms with Gasteiger partial charge in [0.25, 0.3) is 0 Å². The molecule has 1 aliphatic rings. The molecule has 1 unspecified atom stereocenters. The standard InChI is InChI=1S/C11H13N3S/c1-9-8-15-5-4-14(9)11-7-13-3-2-10(11)6-12/h2-3,7,9H,4-5,8H2,1H3. The molecule has 1 fully saturated rings. The zero-order valence-corrected chi connectivity index (χ0v) is 9.50. The Morgan fingerprint density at radius 2 is 2.53 bits per heavy atom. The number of thioether (sulfide) groups is 1. The van der Waals surface area contributed by atoms with Crippen molar-refractivity contribution in [2.75, 3.05) is 23.0 Å². The molecular formula is C11H13N3S. The number of hydrogen-bond acceptors (Lipinski definition) is 4. The fraction of sp³-hybridized carbons (Fsp3) is 0.455. The molecule has 1 saturated heterocycles. The molecule has 1 atom stereocenters. The lowest BCUT2D eigenvalue weighted by atomic mass is 10.2. The number of anilines is 1. The van der Waals surface area contributed by atoms with Crippen molar-refractivity contribution in [1.29, 1.82) is 5.26 Å². The van der Waals surface area contributed by atoms with Crippen LogP contribution >= 0.6 is 11.8 Å². The van der Waals surface area contributed by atoms with Crippen molar-refractivity contribution in [2.45, 2.75) is 13.0 Å². The highest BCUT2D eigenvalue weighted by molar-refractivity contribution is 7.99. The quantitative estimate of drug-likeness (QED) is 0.723.